The number of rotatable bonds is 0. The van der Waals surface area contributed by atoms with Gasteiger partial charge in [0.25, 0.3) is 0 Å². The number of benzene rings is 1. The maximum atomic E-state index is 9.58. The molecule has 1 aromatic rings. The van der Waals surface area contributed by atoms with Gasteiger partial charge in [-0.15, -0.1) is 12.4 Å². The molecular formula is C7H6ClF3Zn. The zero-order valence-corrected chi connectivity index (χ0v) is 9.92. The molecule has 0 unspecified atom stereocenters. The molecule has 0 aliphatic rings. The van der Waals surface area contributed by atoms with Gasteiger partial charge in [-0.2, -0.15) is 36.4 Å². The zero-order chi connectivity index (χ0) is 7.82. The molecular weight excluding hydrogens is 242 g/mol. The third-order valence-corrected chi connectivity index (χ3v) is 0.607. The Balaban J connectivity index is -0.000000124. The Morgan fingerprint density at radius 3 is 1.33 bits per heavy atom. The third kappa shape index (κ3) is 22.5. The summed E-state index contributed by atoms with van der Waals surface area (Å²) in [6.07, 6.45) is 0. The van der Waals surface area contributed by atoms with Crippen molar-refractivity contribution in [1.29, 1.82) is 0 Å². The van der Waals surface area contributed by atoms with Gasteiger partial charge in [-0.05, 0) is 0 Å². The summed E-state index contributed by atoms with van der Waals surface area (Å²) in [7, 11) is 0. The van der Waals surface area contributed by atoms with Crippen LogP contribution >= 0.6 is 12.4 Å². The second kappa shape index (κ2) is 13.5. The maximum absolute atomic E-state index is 9.58. The van der Waals surface area contributed by atoms with Crippen LogP contribution in [0.1, 0.15) is 0 Å². The number of halogens is 4. The van der Waals surface area contributed by atoms with Crippen molar-refractivity contribution < 1.29 is 32.6 Å². The summed E-state index contributed by atoms with van der Waals surface area (Å²) >= 11 is 0. The molecule has 64 valence electrons. The molecule has 0 aliphatic carbocycles. The Morgan fingerprint density at radius 1 is 0.917 bits per heavy atom. The average Bonchev–Trinajstić information content (AvgIpc) is 1.90. The smallest absolute Gasteiger partial charge is 0.385 e. The van der Waals surface area contributed by atoms with E-state index in [0.717, 1.165) is 0 Å². The van der Waals surface area contributed by atoms with E-state index >= 15 is 0 Å². The predicted octanol–water partition coefficient (Wildman–Crippen LogP) is 3.25. The van der Waals surface area contributed by atoms with Gasteiger partial charge in [-0.3, -0.25) is 0 Å². The normalized spacial score (nSPS) is 7.00. The van der Waals surface area contributed by atoms with Crippen LogP contribution < -0.4 is 0 Å². The van der Waals surface area contributed by atoms with E-state index in [4.69, 9.17) is 0 Å². The Kier molecular flexibility index (Phi) is 20.1. The summed E-state index contributed by atoms with van der Waals surface area (Å²) in [5.74, 6) is 0. The Bertz CT molecular complexity index is 119. The third-order valence-electron chi connectivity index (χ3n) is 0.607. The fourth-order valence-electron chi connectivity index (χ4n) is 0.342. The first-order valence-electron chi connectivity index (χ1n) is 2.48. The Morgan fingerprint density at radius 2 is 1.25 bits per heavy atom. The van der Waals surface area contributed by atoms with Gasteiger partial charge in [-0.1, -0.05) is 0 Å². The molecule has 0 amide bonds. The van der Waals surface area contributed by atoms with Crippen molar-refractivity contribution in [3.05, 3.63) is 43.1 Å². The summed E-state index contributed by atoms with van der Waals surface area (Å²) in [5.41, 5.74) is 0. The van der Waals surface area contributed by atoms with Crippen LogP contribution in [0.3, 0.4) is 0 Å². The van der Waals surface area contributed by atoms with Gasteiger partial charge in [0, 0.05) is 0 Å². The molecule has 0 nitrogen and oxygen atoms in total. The van der Waals surface area contributed by atoms with Gasteiger partial charge in [0.05, 0.1) is 0 Å². The van der Waals surface area contributed by atoms with Crippen molar-refractivity contribution in [2.75, 3.05) is 0 Å². The van der Waals surface area contributed by atoms with Gasteiger partial charge < -0.3 is 13.2 Å². The van der Waals surface area contributed by atoms with Gasteiger partial charge in [0.1, 0.15) is 0 Å². The number of hydrogen-bond acceptors (Lipinski definition) is 0. The topological polar surface area (TPSA) is 0 Å². The minimum Gasteiger partial charge on any atom is -0.385 e. The van der Waals surface area contributed by atoms with E-state index in [1.807, 2.05) is 30.3 Å². The fourth-order valence-corrected chi connectivity index (χ4v) is 0.342. The van der Waals surface area contributed by atoms with Crippen LogP contribution in [-0.2, 0) is 19.5 Å². The van der Waals surface area contributed by atoms with Crippen LogP contribution in [0.15, 0.2) is 30.3 Å². The molecule has 0 radical (unpaired) electrons. The molecule has 0 saturated carbocycles. The molecule has 0 atom stereocenters. The van der Waals surface area contributed by atoms with Crippen molar-refractivity contribution in [2.45, 2.75) is 0 Å². The van der Waals surface area contributed by atoms with E-state index < -0.39 is 6.68 Å². The van der Waals surface area contributed by atoms with E-state index in [-0.39, 0.29) is 31.9 Å². The summed E-state index contributed by atoms with van der Waals surface area (Å²) in [6, 6.07) is 12.5. The Labute approximate surface area is 88.3 Å². The first-order chi connectivity index (χ1) is 4.73. The molecule has 0 fully saturated rings. The van der Waals surface area contributed by atoms with Gasteiger partial charge in [0.15, 0.2) is 6.68 Å². The molecule has 0 N–H and O–H groups in total. The fraction of sp³-hybridized carbons (Fsp3) is 0. The quantitative estimate of drug-likeness (QED) is 0.488. The predicted molar refractivity (Wildman–Crippen MR) is 39.1 cm³/mol. The minimum absolute atomic E-state index is 0. The summed E-state index contributed by atoms with van der Waals surface area (Å²) in [6.45, 7) is -3.08. The van der Waals surface area contributed by atoms with Crippen LogP contribution in [0.25, 0.3) is 0 Å². The van der Waals surface area contributed by atoms with E-state index in [9.17, 15) is 13.2 Å². The number of hydrogen-bond donors (Lipinski definition) is 0. The largest absolute Gasteiger partial charge is 2.00 e. The monoisotopic (exact) mass is 246 g/mol. The van der Waals surface area contributed by atoms with Crippen LogP contribution in [0.5, 0.6) is 0 Å². The molecule has 0 aromatic heterocycles. The second-order valence-electron chi connectivity index (χ2n) is 1.29. The molecule has 1 rings (SSSR count). The standard InChI is InChI=1S/C6H5.CF3.ClH.Zn/c1-2-4-6-5-3-1;2-1(3)4;;/h1-5H;;1H;/q2*-1;;+2. The zero-order valence-electron chi connectivity index (χ0n) is 6.14. The van der Waals surface area contributed by atoms with E-state index in [0.29, 0.717) is 0 Å². The molecule has 5 heteroatoms. The molecule has 0 aliphatic heterocycles. The van der Waals surface area contributed by atoms with E-state index in [1.54, 1.807) is 0 Å². The summed E-state index contributed by atoms with van der Waals surface area (Å²) in [4.78, 5) is 0. The van der Waals surface area contributed by atoms with Crippen molar-refractivity contribution in [3.63, 3.8) is 0 Å². The SMILES string of the molecule is Cl.F[C-](F)F.[Zn+2].[c-]1ccccc1. The van der Waals surface area contributed by atoms with Crippen LogP contribution in [0.2, 0.25) is 0 Å². The molecule has 0 saturated heterocycles. The van der Waals surface area contributed by atoms with Crippen molar-refractivity contribution in [1.82, 2.24) is 0 Å². The first kappa shape index (κ1) is 17.9. The molecule has 12 heavy (non-hydrogen) atoms. The van der Waals surface area contributed by atoms with Gasteiger partial charge >= 0.3 is 19.5 Å². The first-order valence-corrected chi connectivity index (χ1v) is 2.48. The maximum Gasteiger partial charge on any atom is 2.00 e. The Hall–Kier alpha value is -0.0766. The minimum atomic E-state index is -3.08. The molecule has 0 heterocycles. The van der Waals surface area contributed by atoms with Gasteiger partial charge in [0.2, 0.25) is 0 Å². The van der Waals surface area contributed by atoms with E-state index in [1.165, 1.54) is 0 Å². The van der Waals surface area contributed by atoms with Gasteiger partial charge in [-0.25, -0.2) is 0 Å². The summed E-state index contributed by atoms with van der Waals surface area (Å²) < 4.78 is 28.8. The molecule has 1 aromatic carbocycles. The van der Waals surface area contributed by atoms with Crippen molar-refractivity contribution in [3.8, 4) is 0 Å². The summed E-state index contributed by atoms with van der Waals surface area (Å²) in [5, 5.41) is 0. The van der Waals surface area contributed by atoms with Crippen molar-refractivity contribution in [2.24, 2.45) is 0 Å². The van der Waals surface area contributed by atoms with Crippen molar-refractivity contribution >= 4 is 12.4 Å². The molecule has 0 bridgehead atoms. The van der Waals surface area contributed by atoms with Crippen LogP contribution in [-0.4, -0.2) is 0 Å². The van der Waals surface area contributed by atoms with Crippen LogP contribution in [0.4, 0.5) is 13.2 Å². The van der Waals surface area contributed by atoms with Crippen LogP contribution in [0, 0.1) is 12.7 Å². The second-order valence-corrected chi connectivity index (χ2v) is 1.29. The van der Waals surface area contributed by atoms with E-state index in [2.05, 4.69) is 6.07 Å². The molecule has 0 spiro atoms. The average molecular weight is 248 g/mol.